The lowest BCUT2D eigenvalue weighted by atomic mass is 9.89. The number of halogens is 1. The number of nitrogens with one attached hydrogen (secondary N) is 1. The molecule has 1 saturated heterocycles. The van der Waals surface area contributed by atoms with Crippen LogP contribution in [0.15, 0.2) is 46.9 Å². The number of aromatic amines is 1. The van der Waals surface area contributed by atoms with Crippen LogP contribution >= 0.6 is 28.1 Å². The van der Waals surface area contributed by atoms with Crippen LogP contribution in [0.25, 0.3) is 10.9 Å². The first-order chi connectivity index (χ1) is 15.6. The molecule has 1 amide bonds. The van der Waals surface area contributed by atoms with Crippen LogP contribution in [0.4, 0.5) is 0 Å². The van der Waals surface area contributed by atoms with Gasteiger partial charge in [0.05, 0.1) is 13.2 Å². The maximum atomic E-state index is 13.7. The molecule has 32 heavy (non-hydrogen) atoms. The predicted octanol–water partition coefficient (Wildman–Crippen LogP) is 5.32. The summed E-state index contributed by atoms with van der Waals surface area (Å²) >= 11 is 9.61. The van der Waals surface area contributed by atoms with E-state index in [1.165, 1.54) is 23.8 Å². The summed E-state index contributed by atoms with van der Waals surface area (Å²) in [6, 6.07) is 14.3. The van der Waals surface area contributed by atoms with Gasteiger partial charge in [-0.25, -0.2) is 0 Å². The molecule has 1 saturated carbocycles. The third-order valence-corrected chi connectivity index (χ3v) is 8.16. The van der Waals surface area contributed by atoms with Gasteiger partial charge in [0, 0.05) is 33.5 Å². The third kappa shape index (κ3) is 2.94. The van der Waals surface area contributed by atoms with Crippen molar-refractivity contribution in [1.29, 1.82) is 0 Å². The van der Waals surface area contributed by atoms with Gasteiger partial charge in [-0.15, -0.1) is 0 Å². The number of benzene rings is 2. The van der Waals surface area contributed by atoms with E-state index in [0.29, 0.717) is 11.5 Å². The van der Waals surface area contributed by atoms with Crippen molar-refractivity contribution in [2.75, 3.05) is 7.11 Å². The Hall–Kier alpha value is -2.38. The monoisotopic (exact) mass is 509 g/mol. The molecular formula is C25H24BrN3O2S. The van der Waals surface area contributed by atoms with Gasteiger partial charge in [-0.05, 0) is 66.5 Å². The largest absolute Gasteiger partial charge is 0.497 e. The van der Waals surface area contributed by atoms with E-state index in [4.69, 9.17) is 17.0 Å². The van der Waals surface area contributed by atoms with Gasteiger partial charge in [0.1, 0.15) is 11.8 Å². The average molecular weight is 510 g/mol. The second kappa shape index (κ2) is 7.59. The van der Waals surface area contributed by atoms with Crippen molar-refractivity contribution in [1.82, 2.24) is 14.8 Å². The summed E-state index contributed by atoms with van der Waals surface area (Å²) in [6.45, 7) is 0. The van der Waals surface area contributed by atoms with E-state index in [-0.39, 0.29) is 24.0 Å². The number of carbonyl (C=O) groups excluding carboxylic acids is 1. The van der Waals surface area contributed by atoms with E-state index in [2.05, 4.69) is 50.1 Å². The number of ether oxygens (including phenoxy) is 1. The lowest BCUT2D eigenvalue weighted by molar-refractivity contribution is -0.129. The number of nitrogens with zero attached hydrogens (tertiary/aromatic N) is 2. The normalized spacial score (nSPS) is 23.2. The van der Waals surface area contributed by atoms with Gasteiger partial charge < -0.3 is 14.6 Å². The van der Waals surface area contributed by atoms with E-state index >= 15 is 0 Å². The second-order valence-electron chi connectivity index (χ2n) is 8.94. The summed E-state index contributed by atoms with van der Waals surface area (Å²) in [7, 11) is 1.67. The minimum Gasteiger partial charge on any atom is -0.497 e. The summed E-state index contributed by atoms with van der Waals surface area (Å²) < 4.78 is 6.42. The molecule has 7 heteroatoms. The number of carbonyl (C=O) groups is 1. The molecule has 0 radical (unpaired) electrons. The zero-order valence-corrected chi connectivity index (χ0v) is 20.2. The Labute approximate surface area is 200 Å². The fourth-order valence-electron chi connectivity index (χ4n) is 5.75. The van der Waals surface area contributed by atoms with Crippen molar-refractivity contribution in [2.45, 2.75) is 50.2 Å². The summed E-state index contributed by atoms with van der Waals surface area (Å²) in [6.07, 6.45) is 5.09. The van der Waals surface area contributed by atoms with Gasteiger partial charge in [-0.2, -0.15) is 0 Å². The van der Waals surface area contributed by atoms with E-state index in [0.717, 1.165) is 39.8 Å². The van der Waals surface area contributed by atoms with E-state index in [1.807, 2.05) is 23.1 Å². The summed E-state index contributed by atoms with van der Waals surface area (Å²) in [4.78, 5) is 21.5. The summed E-state index contributed by atoms with van der Waals surface area (Å²) in [5.74, 6) is 0.977. The molecule has 1 aliphatic carbocycles. The Morgan fingerprint density at radius 2 is 1.88 bits per heavy atom. The van der Waals surface area contributed by atoms with Gasteiger partial charge in [0.15, 0.2) is 5.11 Å². The van der Waals surface area contributed by atoms with Crippen LogP contribution in [-0.2, 0) is 11.2 Å². The highest BCUT2D eigenvalue weighted by molar-refractivity contribution is 9.10. The van der Waals surface area contributed by atoms with E-state index in [9.17, 15) is 4.79 Å². The van der Waals surface area contributed by atoms with Crippen molar-refractivity contribution in [3.8, 4) is 5.75 Å². The molecule has 3 heterocycles. The highest BCUT2D eigenvalue weighted by atomic mass is 79.9. The molecule has 1 aromatic heterocycles. The van der Waals surface area contributed by atoms with Crippen LogP contribution in [0.5, 0.6) is 5.75 Å². The number of fused-ring (bicyclic) bond motifs is 4. The molecule has 3 aromatic rings. The van der Waals surface area contributed by atoms with Crippen LogP contribution < -0.4 is 4.74 Å². The molecule has 6 rings (SSSR count). The first-order valence-electron chi connectivity index (χ1n) is 11.2. The number of amides is 1. The van der Waals surface area contributed by atoms with Gasteiger partial charge in [0.2, 0.25) is 0 Å². The van der Waals surface area contributed by atoms with Crippen molar-refractivity contribution in [2.24, 2.45) is 0 Å². The Kier molecular flexibility index (Phi) is 4.80. The van der Waals surface area contributed by atoms with E-state index in [1.54, 1.807) is 7.11 Å². The molecule has 2 fully saturated rings. The fourth-order valence-corrected chi connectivity index (χ4v) is 6.58. The quantitative estimate of drug-likeness (QED) is 0.485. The van der Waals surface area contributed by atoms with Gasteiger partial charge in [-0.1, -0.05) is 40.9 Å². The van der Waals surface area contributed by atoms with Crippen LogP contribution in [0.1, 0.15) is 48.5 Å². The Morgan fingerprint density at radius 1 is 1.12 bits per heavy atom. The summed E-state index contributed by atoms with van der Waals surface area (Å²) in [5, 5.41) is 1.85. The number of rotatable bonds is 3. The zero-order valence-electron chi connectivity index (χ0n) is 17.8. The molecule has 2 atom stereocenters. The maximum absolute atomic E-state index is 13.7. The van der Waals surface area contributed by atoms with Crippen molar-refractivity contribution in [3.05, 3.63) is 63.8 Å². The molecule has 1 N–H and O–H groups in total. The smallest absolute Gasteiger partial charge is 0.252 e. The highest BCUT2D eigenvalue weighted by Crippen LogP contribution is 2.45. The number of aromatic nitrogens is 1. The van der Waals surface area contributed by atoms with Crippen LogP contribution in [0.3, 0.4) is 0 Å². The van der Waals surface area contributed by atoms with Gasteiger partial charge in [0.25, 0.3) is 5.91 Å². The SMILES string of the molecule is COc1ccc(C2c3[nH]c4ccc(Br)cc4c3CC3C(=O)N(C4CCCC4)C(=S)N32)cc1. The standard InChI is InChI=1S/C25H24BrN3O2S/c1-31-17-9-6-14(7-10-17)23-22-19(18-12-15(26)8-11-20(18)27-22)13-21-24(30)28(25(32)29(21)23)16-4-2-3-5-16/h6-12,16,21,23,27H,2-5,13H2,1H3. The molecular weight excluding hydrogens is 486 g/mol. The minimum atomic E-state index is -0.263. The maximum Gasteiger partial charge on any atom is 0.252 e. The fraction of sp³-hybridized carbons (Fsp3) is 0.360. The van der Waals surface area contributed by atoms with Crippen LogP contribution in [0.2, 0.25) is 0 Å². The van der Waals surface area contributed by atoms with Crippen molar-refractivity contribution < 1.29 is 9.53 Å². The Bertz CT molecular complexity index is 1230. The molecule has 5 nitrogen and oxygen atoms in total. The Balaban J connectivity index is 1.52. The average Bonchev–Trinajstić information content (AvgIpc) is 3.51. The lowest BCUT2D eigenvalue weighted by Gasteiger charge is -2.37. The van der Waals surface area contributed by atoms with Crippen molar-refractivity contribution in [3.63, 3.8) is 0 Å². The van der Waals surface area contributed by atoms with Gasteiger partial charge in [-0.3, -0.25) is 9.69 Å². The minimum absolute atomic E-state index is 0.135. The molecule has 3 aliphatic rings. The molecule has 0 bridgehead atoms. The lowest BCUT2D eigenvalue weighted by Crippen LogP contribution is -2.44. The predicted molar refractivity (Wildman–Crippen MR) is 132 cm³/mol. The third-order valence-electron chi connectivity index (χ3n) is 7.26. The molecule has 2 unspecified atom stereocenters. The van der Waals surface area contributed by atoms with E-state index < -0.39 is 0 Å². The van der Waals surface area contributed by atoms with Crippen LogP contribution in [-0.4, -0.2) is 45.0 Å². The molecule has 0 spiro atoms. The number of hydrogen-bond acceptors (Lipinski definition) is 3. The van der Waals surface area contributed by atoms with Crippen LogP contribution in [0, 0.1) is 0 Å². The first kappa shape index (κ1) is 20.2. The number of methoxy groups -OCH3 is 1. The van der Waals surface area contributed by atoms with Gasteiger partial charge >= 0.3 is 0 Å². The number of thiocarbonyl (C=S) groups is 1. The zero-order chi connectivity index (χ0) is 22.0. The Morgan fingerprint density at radius 3 is 2.59 bits per heavy atom. The first-order valence-corrected chi connectivity index (χ1v) is 12.4. The number of hydrogen-bond donors (Lipinski definition) is 1. The highest BCUT2D eigenvalue weighted by Gasteiger charge is 2.52. The molecule has 164 valence electrons. The second-order valence-corrected chi connectivity index (χ2v) is 10.2. The molecule has 2 aromatic carbocycles. The topological polar surface area (TPSA) is 48.6 Å². The van der Waals surface area contributed by atoms with Crippen molar-refractivity contribution >= 4 is 50.1 Å². The summed E-state index contributed by atoms with van der Waals surface area (Å²) in [5.41, 5.74) is 4.53. The molecule has 2 aliphatic heterocycles. The number of H-pyrrole nitrogens is 1.